The van der Waals surface area contributed by atoms with Gasteiger partial charge in [0, 0.05) is 29.4 Å². The van der Waals surface area contributed by atoms with Crippen molar-refractivity contribution in [3.63, 3.8) is 0 Å². The summed E-state index contributed by atoms with van der Waals surface area (Å²) in [4.78, 5) is 19.9. The van der Waals surface area contributed by atoms with Crippen molar-refractivity contribution in [3.8, 4) is 0 Å². The second kappa shape index (κ2) is 7.91. The van der Waals surface area contributed by atoms with Crippen LogP contribution in [0.15, 0.2) is 60.7 Å². The van der Waals surface area contributed by atoms with Crippen LogP contribution in [-0.4, -0.2) is 31.8 Å². The fraction of sp³-hybridized carbons (Fsp3) is 0.240. The summed E-state index contributed by atoms with van der Waals surface area (Å²) in [7, 11) is 0. The Morgan fingerprint density at radius 1 is 1.06 bits per heavy atom. The third kappa shape index (κ3) is 3.64. The number of aromatic nitrogens is 3. The van der Waals surface area contributed by atoms with Crippen LogP contribution in [-0.2, 0) is 13.0 Å². The molecule has 0 unspecified atom stereocenters. The van der Waals surface area contributed by atoms with E-state index in [4.69, 9.17) is 16.7 Å². The van der Waals surface area contributed by atoms with E-state index in [9.17, 15) is 4.79 Å². The SMILES string of the molecule is Cc1nc2cc([C@@H]3Cc4ccccc4CN3CC(=O)c3ccccc3)nn2c(Cl)c1C. The number of hydrogen-bond acceptors (Lipinski definition) is 4. The van der Waals surface area contributed by atoms with Crippen molar-refractivity contribution in [3.05, 3.63) is 99.5 Å². The summed E-state index contributed by atoms with van der Waals surface area (Å²) >= 11 is 6.56. The Morgan fingerprint density at radius 3 is 2.55 bits per heavy atom. The zero-order valence-electron chi connectivity index (χ0n) is 17.5. The second-order valence-corrected chi connectivity index (χ2v) is 8.49. The molecule has 2 aromatic carbocycles. The predicted octanol–water partition coefficient (Wildman–Crippen LogP) is 4.98. The molecule has 0 amide bonds. The maximum absolute atomic E-state index is 13.0. The quantitative estimate of drug-likeness (QED) is 0.338. The predicted molar refractivity (Wildman–Crippen MR) is 122 cm³/mol. The average Bonchev–Trinajstić information content (AvgIpc) is 3.21. The molecule has 6 heteroatoms. The highest BCUT2D eigenvalue weighted by molar-refractivity contribution is 6.30. The van der Waals surface area contributed by atoms with E-state index in [1.165, 1.54) is 11.1 Å². The first-order chi connectivity index (χ1) is 15.0. The van der Waals surface area contributed by atoms with Crippen LogP contribution in [0.4, 0.5) is 0 Å². The van der Waals surface area contributed by atoms with Gasteiger partial charge in [-0.2, -0.15) is 5.10 Å². The van der Waals surface area contributed by atoms with Gasteiger partial charge < -0.3 is 0 Å². The summed E-state index contributed by atoms with van der Waals surface area (Å²) in [5.74, 6) is 0.108. The lowest BCUT2D eigenvalue weighted by Gasteiger charge is -2.35. The monoisotopic (exact) mass is 430 g/mol. The van der Waals surface area contributed by atoms with Gasteiger partial charge in [-0.1, -0.05) is 66.2 Å². The van der Waals surface area contributed by atoms with E-state index >= 15 is 0 Å². The van der Waals surface area contributed by atoms with Crippen LogP contribution in [0.2, 0.25) is 5.15 Å². The molecule has 0 saturated heterocycles. The lowest BCUT2D eigenvalue weighted by Crippen LogP contribution is -2.38. The molecule has 0 saturated carbocycles. The third-order valence-electron chi connectivity index (χ3n) is 6.16. The summed E-state index contributed by atoms with van der Waals surface area (Å²) < 4.78 is 1.71. The molecule has 3 heterocycles. The summed E-state index contributed by atoms with van der Waals surface area (Å²) in [6, 6.07) is 19.9. The van der Waals surface area contributed by atoms with Gasteiger partial charge in [0.25, 0.3) is 0 Å². The number of Topliss-reactive ketones (excluding diaryl/α,β-unsaturated/α-hetero) is 1. The number of aryl methyl sites for hydroxylation is 1. The smallest absolute Gasteiger partial charge is 0.176 e. The van der Waals surface area contributed by atoms with Crippen LogP contribution >= 0.6 is 11.6 Å². The number of ketones is 1. The number of benzene rings is 2. The molecule has 5 nitrogen and oxygen atoms in total. The van der Waals surface area contributed by atoms with E-state index in [0.717, 1.165) is 34.6 Å². The largest absolute Gasteiger partial charge is 0.293 e. The second-order valence-electron chi connectivity index (χ2n) is 8.14. The number of hydrogen-bond donors (Lipinski definition) is 0. The van der Waals surface area contributed by atoms with Crippen molar-refractivity contribution in [1.29, 1.82) is 0 Å². The molecule has 4 aromatic rings. The number of halogens is 1. The van der Waals surface area contributed by atoms with Gasteiger partial charge in [0.2, 0.25) is 0 Å². The minimum atomic E-state index is -0.0269. The van der Waals surface area contributed by atoms with E-state index in [-0.39, 0.29) is 11.8 Å². The molecule has 0 fully saturated rings. The number of carbonyl (C=O) groups is 1. The molecule has 2 aromatic heterocycles. The van der Waals surface area contributed by atoms with Gasteiger partial charge >= 0.3 is 0 Å². The zero-order chi connectivity index (χ0) is 21.5. The molecule has 31 heavy (non-hydrogen) atoms. The molecule has 0 spiro atoms. The fourth-order valence-electron chi connectivity index (χ4n) is 4.27. The van der Waals surface area contributed by atoms with Gasteiger partial charge in [-0.15, -0.1) is 0 Å². The Morgan fingerprint density at radius 2 is 1.77 bits per heavy atom. The van der Waals surface area contributed by atoms with Crippen LogP contribution in [0.3, 0.4) is 0 Å². The Hall–Kier alpha value is -3.02. The lowest BCUT2D eigenvalue weighted by atomic mass is 9.92. The van der Waals surface area contributed by atoms with E-state index < -0.39 is 0 Å². The third-order valence-corrected chi connectivity index (χ3v) is 6.60. The highest BCUT2D eigenvalue weighted by Gasteiger charge is 2.31. The standard InChI is InChI=1S/C25H23ClN4O/c1-16-17(2)27-24-13-21(28-30(24)25(16)26)22-12-19-10-6-7-11-20(19)14-29(22)15-23(31)18-8-4-3-5-9-18/h3-11,13,22H,12,14-15H2,1-2H3/t22-/m0/s1. The van der Waals surface area contributed by atoms with Gasteiger partial charge in [-0.3, -0.25) is 9.69 Å². The van der Waals surface area contributed by atoms with Crippen molar-refractivity contribution in [2.24, 2.45) is 0 Å². The molecule has 0 aliphatic carbocycles. The Kier molecular flexibility index (Phi) is 5.08. The van der Waals surface area contributed by atoms with Crippen molar-refractivity contribution in [2.45, 2.75) is 32.9 Å². The molecular formula is C25H23ClN4O. The molecule has 0 bridgehead atoms. The maximum atomic E-state index is 13.0. The average molecular weight is 431 g/mol. The lowest BCUT2D eigenvalue weighted by molar-refractivity contribution is 0.0862. The molecule has 1 atom stereocenters. The van der Waals surface area contributed by atoms with Crippen LogP contribution in [0, 0.1) is 13.8 Å². The minimum Gasteiger partial charge on any atom is -0.293 e. The van der Waals surface area contributed by atoms with Crippen LogP contribution in [0.25, 0.3) is 5.65 Å². The number of rotatable bonds is 4. The van der Waals surface area contributed by atoms with Crippen molar-refractivity contribution < 1.29 is 4.79 Å². The first-order valence-electron chi connectivity index (χ1n) is 10.4. The van der Waals surface area contributed by atoms with Gasteiger partial charge in [0.15, 0.2) is 11.4 Å². The Labute approximate surface area is 186 Å². The van der Waals surface area contributed by atoms with Crippen molar-refractivity contribution >= 4 is 23.0 Å². The highest BCUT2D eigenvalue weighted by Crippen LogP contribution is 2.34. The van der Waals surface area contributed by atoms with E-state index in [2.05, 4.69) is 34.1 Å². The number of fused-ring (bicyclic) bond motifs is 2. The molecule has 1 aliphatic heterocycles. The zero-order valence-corrected chi connectivity index (χ0v) is 18.3. The van der Waals surface area contributed by atoms with Crippen LogP contribution in [0.5, 0.6) is 0 Å². The first kappa shape index (κ1) is 19.9. The van der Waals surface area contributed by atoms with Crippen molar-refractivity contribution in [2.75, 3.05) is 6.54 Å². The Bertz CT molecular complexity index is 1280. The topological polar surface area (TPSA) is 50.5 Å². The normalized spacial score (nSPS) is 16.4. The van der Waals surface area contributed by atoms with E-state index in [0.29, 0.717) is 18.2 Å². The molecule has 0 N–H and O–H groups in total. The molecule has 5 rings (SSSR count). The van der Waals surface area contributed by atoms with Gasteiger partial charge in [0.1, 0.15) is 5.15 Å². The van der Waals surface area contributed by atoms with Crippen LogP contribution in [0.1, 0.15) is 44.5 Å². The maximum Gasteiger partial charge on any atom is 0.176 e. The first-order valence-corrected chi connectivity index (χ1v) is 10.8. The van der Waals surface area contributed by atoms with Gasteiger partial charge in [-0.25, -0.2) is 9.50 Å². The van der Waals surface area contributed by atoms with E-state index in [1.807, 2.05) is 50.2 Å². The molecular weight excluding hydrogens is 408 g/mol. The van der Waals surface area contributed by atoms with Crippen molar-refractivity contribution in [1.82, 2.24) is 19.5 Å². The summed E-state index contributed by atoms with van der Waals surface area (Å²) in [6.07, 6.45) is 0.789. The van der Waals surface area contributed by atoms with Gasteiger partial charge in [0.05, 0.1) is 18.3 Å². The molecule has 1 aliphatic rings. The summed E-state index contributed by atoms with van der Waals surface area (Å²) in [5, 5.41) is 5.39. The minimum absolute atomic E-state index is 0.0269. The van der Waals surface area contributed by atoms with Crippen LogP contribution < -0.4 is 0 Å². The number of carbonyl (C=O) groups excluding carboxylic acids is 1. The molecule has 0 radical (unpaired) electrons. The molecule has 156 valence electrons. The highest BCUT2D eigenvalue weighted by atomic mass is 35.5. The summed E-state index contributed by atoms with van der Waals surface area (Å²) in [5.41, 5.74) is 6.71. The summed E-state index contributed by atoms with van der Waals surface area (Å²) in [6.45, 7) is 4.94. The fourth-order valence-corrected chi connectivity index (χ4v) is 4.54. The number of nitrogens with zero attached hydrogens (tertiary/aromatic N) is 4. The van der Waals surface area contributed by atoms with Gasteiger partial charge in [-0.05, 0) is 31.4 Å². The Balaban J connectivity index is 1.55. The van der Waals surface area contributed by atoms with E-state index in [1.54, 1.807) is 4.52 Å².